The van der Waals surface area contributed by atoms with E-state index in [1.165, 1.54) is 29.9 Å². The monoisotopic (exact) mass is 265 g/mol. The molecule has 1 aromatic carbocycles. The SMILES string of the molecule is CCOc1ccc(C(N)CC2CCSCC2)cc1. The average Bonchev–Trinajstić information content (AvgIpc) is 2.41. The lowest BCUT2D eigenvalue weighted by molar-refractivity contribution is 0.340. The third kappa shape index (κ3) is 3.92. The molecule has 100 valence electrons. The molecule has 1 aromatic rings. The van der Waals surface area contributed by atoms with Crippen LogP contribution in [0.4, 0.5) is 0 Å². The van der Waals surface area contributed by atoms with Crippen LogP contribution in [0.15, 0.2) is 24.3 Å². The molecule has 0 amide bonds. The molecule has 1 heterocycles. The fourth-order valence-electron chi connectivity index (χ4n) is 2.46. The lowest BCUT2D eigenvalue weighted by atomic mass is 9.91. The van der Waals surface area contributed by atoms with Crippen molar-refractivity contribution in [3.63, 3.8) is 0 Å². The number of ether oxygens (including phenoxy) is 1. The molecule has 2 N–H and O–H groups in total. The molecule has 0 radical (unpaired) electrons. The Kier molecular flexibility index (Phi) is 5.39. The Labute approximate surface area is 114 Å². The summed E-state index contributed by atoms with van der Waals surface area (Å²) < 4.78 is 5.45. The van der Waals surface area contributed by atoms with Crippen molar-refractivity contribution in [2.24, 2.45) is 11.7 Å². The zero-order chi connectivity index (χ0) is 12.8. The molecule has 0 aliphatic carbocycles. The Hall–Kier alpha value is -0.670. The molecule has 1 unspecified atom stereocenters. The van der Waals surface area contributed by atoms with Gasteiger partial charge in [0, 0.05) is 6.04 Å². The van der Waals surface area contributed by atoms with Crippen molar-refractivity contribution in [1.29, 1.82) is 0 Å². The molecule has 2 rings (SSSR count). The first-order valence-electron chi connectivity index (χ1n) is 6.85. The lowest BCUT2D eigenvalue weighted by Gasteiger charge is -2.24. The molecule has 0 aromatic heterocycles. The van der Waals surface area contributed by atoms with E-state index in [9.17, 15) is 0 Å². The van der Waals surface area contributed by atoms with Gasteiger partial charge in [-0.25, -0.2) is 0 Å². The van der Waals surface area contributed by atoms with Gasteiger partial charge in [0.25, 0.3) is 0 Å². The summed E-state index contributed by atoms with van der Waals surface area (Å²) in [6.07, 6.45) is 3.78. The predicted octanol–water partition coefficient (Wildman–Crippen LogP) is 3.62. The van der Waals surface area contributed by atoms with Gasteiger partial charge in [-0.05, 0) is 61.3 Å². The Morgan fingerprint density at radius 1 is 1.28 bits per heavy atom. The van der Waals surface area contributed by atoms with Gasteiger partial charge in [-0.15, -0.1) is 0 Å². The summed E-state index contributed by atoms with van der Waals surface area (Å²) in [4.78, 5) is 0. The van der Waals surface area contributed by atoms with Crippen LogP contribution in [0.1, 0.15) is 37.8 Å². The van der Waals surface area contributed by atoms with E-state index >= 15 is 0 Å². The van der Waals surface area contributed by atoms with E-state index < -0.39 is 0 Å². The largest absolute Gasteiger partial charge is 0.494 e. The highest BCUT2D eigenvalue weighted by molar-refractivity contribution is 7.99. The van der Waals surface area contributed by atoms with E-state index in [0.29, 0.717) is 6.61 Å². The van der Waals surface area contributed by atoms with Crippen molar-refractivity contribution in [2.75, 3.05) is 18.1 Å². The van der Waals surface area contributed by atoms with Crippen molar-refractivity contribution in [1.82, 2.24) is 0 Å². The van der Waals surface area contributed by atoms with Crippen LogP contribution >= 0.6 is 11.8 Å². The van der Waals surface area contributed by atoms with Crippen molar-refractivity contribution in [3.05, 3.63) is 29.8 Å². The van der Waals surface area contributed by atoms with Crippen LogP contribution in [0.3, 0.4) is 0 Å². The summed E-state index contributed by atoms with van der Waals surface area (Å²) in [6.45, 7) is 2.71. The highest BCUT2D eigenvalue weighted by Crippen LogP contribution is 2.30. The van der Waals surface area contributed by atoms with Crippen LogP contribution in [0.25, 0.3) is 0 Å². The molecule has 1 aliphatic rings. The van der Waals surface area contributed by atoms with Gasteiger partial charge in [0.1, 0.15) is 5.75 Å². The van der Waals surface area contributed by atoms with Gasteiger partial charge in [-0.2, -0.15) is 11.8 Å². The minimum atomic E-state index is 0.175. The summed E-state index contributed by atoms with van der Waals surface area (Å²) in [5.41, 5.74) is 7.54. The summed E-state index contributed by atoms with van der Waals surface area (Å²) in [5, 5.41) is 0. The quantitative estimate of drug-likeness (QED) is 0.883. The average molecular weight is 265 g/mol. The Bertz CT molecular complexity index is 346. The van der Waals surface area contributed by atoms with Crippen LogP contribution in [-0.4, -0.2) is 18.1 Å². The van der Waals surface area contributed by atoms with Gasteiger partial charge < -0.3 is 10.5 Å². The molecule has 1 fully saturated rings. The van der Waals surface area contributed by atoms with Crippen LogP contribution in [-0.2, 0) is 0 Å². The van der Waals surface area contributed by atoms with Crippen LogP contribution in [0, 0.1) is 5.92 Å². The first kappa shape index (κ1) is 13.8. The van der Waals surface area contributed by atoms with Gasteiger partial charge in [0.05, 0.1) is 6.61 Å². The number of benzene rings is 1. The van der Waals surface area contributed by atoms with E-state index in [-0.39, 0.29) is 6.04 Å². The minimum Gasteiger partial charge on any atom is -0.494 e. The number of rotatable bonds is 5. The minimum absolute atomic E-state index is 0.175. The molecule has 3 heteroatoms. The second kappa shape index (κ2) is 7.05. The zero-order valence-electron chi connectivity index (χ0n) is 11.1. The van der Waals surface area contributed by atoms with Gasteiger partial charge in [-0.1, -0.05) is 12.1 Å². The van der Waals surface area contributed by atoms with Crippen molar-refractivity contribution in [2.45, 2.75) is 32.2 Å². The van der Waals surface area contributed by atoms with E-state index in [0.717, 1.165) is 18.1 Å². The Morgan fingerprint density at radius 3 is 2.56 bits per heavy atom. The van der Waals surface area contributed by atoms with Gasteiger partial charge in [0.2, 0.25) is 0 Å². The van der Waals surface area contributed by atoms with E-state index in [2.05, 4.69) is 23.9 Å². The van der Waals surface area contributed by atoms with Crippen LogP contribution in [0.2, 0.25) is 0 Å². The van der Waals surface area contributed by atoms with Crippen molar-refractivity contribution < 1.29 is 4.74 Å². The molecule has 18 heavy (non-hydrogen) atoms. The lowest BCUT2D eigenvalue weighted by Crippen LogP contribution is -2.18. The number of thioether (sulfide) groups is 1. The number of hydrogen-bond donors (Lipinski definition) is 1. The van der Waals surface area contributed by atoms with E-state index in [1.807, 2.05) is 19.1 Å². The number of hydrogen-bond acceptors (Lipinski definition) is 3. The van der Waals surface area contributed by atoms with E-state index in [4.69, 9.17) is 10.5 Å². The normalized spacial score (nSPS) is 18.6. The molecule has 0 bridgehead atoms. The molecule has 1 atom stereocenters. The Morgan fingerprint density at radius 2 is 1.94 bits per heavy atom. The molecular formula is C15H23NOS. The molecule has 2 nitrogen and oxygen atoms in total. The first-order valence-corrected chi connectivity index (χ1v) is 8.01. The maximum absolute atomic E-state index is 6.30. The molecule has 0 spiro atoms. The summed E-state index contributed by atoms with van der Waals surface area (Å²) in [6, 6.07) is 8.43. The predicted molar refractivity (Wildman–Crippen MR) is 79.2 cm³/mol. The summed E-state index contributed by atoms with van der Waals surface area (Å²) >= 11 is 2.07. The van der Waals surface area contributed by atoms with Gasteiger partial charge >= 0.3 is 0 Å². The summed E-state index contributed by atoms with van der Waals surface area (Å²) in [5.74, 6) is 4.36. The molecule has 1 aliphatic heterocycles. The van der Waals surface area contributed by atoms with Gasteiger partial charge in [0.15, 0.2) is 0 Å². The molecule has 0 saturated carbocycles. The highest BCUT2D eigenvalue weighted by atomic mass is 32.2. The summed E-state index contributed by atoms with van der Waals surface area (Å²) in [7, 11) is 0. The fourth-order valence-corrected chi connectivity index (χ4v) is 3.66. The standard InChI is InChI=1S/C15H23NOS/c1-2-17-14-5-3-13(4-6-14)15(16)11-12-7-9-18-10-8-12/h3-6,12,15H,2,7-11,16H2,1H3. The second-order valence-corrected chi connectivity index (χ2v) is 6.12. The van der Waals surface area contributed by atoms with Crippen LogP contribution in [0.5, 0.6) is 5.75 Å². The maximum atomic E-state index is 6.30. The fraction of sp³-hybridized carbons (Fsp3) is 0.600. The van der Waals surface area contributed by atoms with Crippen molar-refractivity contribution in [3.8, 4) is 5.75 Å². The zero-order valence-corrected chi connectivity index (χ0v) is 11.9. The van der Waals surface area contributed by atoms with Gasteiger partial charge in [-0.3, -0.25) is 0 Å². The molecular weight excluding hydrogens is 242 g/mol. The topological polar surface area (TPSA) is 35.2 Å². The smallest absolute Gasteiger partial charge is 0.119 e. The maximum Gasteiger partial charge on any atom is 0.119 e. The van der Waals surface area contributed by atoms with Crippen LogP contribution < -0.4 is 10.5 Å². The first-order chi connectivity index (χ1) is 8.79. The highest BCUT2D eigenvalue weighted by Gasteiger charge is 2.17. The number of nitrogens with two attached hydrogens (primary N) is 1. The second-order valence-electron chi connectivity index (χ2n) is 4.90. The van der Waals surface area contributed by atoms with Crippen molar-refractivity contribution >= 4 is 11.8 Å². The Balaban J connectivity index is 1.89. The third-order valence-electron chi connectivity index (χ3n) is 3.55. The third-order valence-corrected chi connectivity index (χ3v) is 4.60. The molecule has 1 saturated heterocycles. The van der Waals surface area contributed by atoms with E-state index in [1.54, 1.807) is 0 Å².